The lowest BCUT2D eigenvalue weighted by Crippen LogP contribution is -2.54. The number of anilines is 1. The Kier molecular flexibility index (Phi) is 5.41. The van der Waals surface area contributed by atoms with Gasteiger partial charge >= 0.3 is 0 Å². The average Bonchev–Trinajstić information content (AvgIpc) is 3.31. The van der Waals surface area contributed by atoms with Crippen LogP contribution in [0.1, 0.15) is 63.7 Å². The highest BCUT2D eigenvalue weighted by Crippen LogP contribution is 2.30. The van der Waals surface area contributed by atoms with Gasteiger partial charge in [0.15, 0.2) is 5.82 Å². The van der Waals surface area contributed by atoms with E-state index in [0.29, 0.717) is 11.5 Å². The molecular weight excluding hydrogens is 426 g/mol. The fraction of sp³-hybridized carbons (Fsp3) is 0.455. The summed E-state index contributed by atoms with van der Waals surface area (Å²) in [6, 6.07) is 4.08. The van der Waals surface area contributed by atoms with E-state index < -0.39 is 29.7 Å². The number of amides is 4. The molecule has 3 N–H and O–H groups in total. The highest BCUT2D eigenvalue weighted by Gasteiger charge is 2.45. The molecule has 5 rings (SSSR count). The molecule has 4 amide bonds. The highest BCUT2D eigenvalue weighted by molar-refractivity contribution is 6.24. The normalized spacial score (nSPS) is 23.0. The molecule has 0 bridgehead atoms. The summed E-state index contributed by atoms with van der Waals surface area (Å²) >= 11 is 0. The van der Waals surface area contributed by atoms with Gasteiger partial charge in [0, 0.05) is 32.5 Å². The number of rotatable bonds is 5. The fourth-order valence-corrected chi connectivity index (χ4v) is 4.71. The van der Waals surface area contributed by atoms with Crippen LogP contribution in [-0.2, 0) is 23.2 Å². The first kappa shape index (κ1) is 21.3. The maximum Gasteiger partial charge on any atom is 0.262 e. The van der Waals surface area contributed by atoms with Crippen molar-refractivity contribution in [2.24, 2.45) is 7.05 Å². The van der Waals surface area contributed by atoms with Crippen LogP contribution in [0.15, 0.2) is 18.2 Å². The number of carbonyl (C=O) groups excluding carboxylic acids is 4. The summed E-state index contributed by atoms with van der Waals surface area (Å²) in [5.74, 6) is -0.435. The van der Waals surface area contributed by atoms with Gasteiger partial charge < -0.3 is 10.6 Å². The zero-order chi connectivity index (χ0) is 23.1. The third kappa shape index (κ3) is 3.78. The first-order valence-corrected chi connectivity index (χ1v) is 11.1. The summed E-state index contributed by atoms with van der Waals surface area (Å²) in [7, 11) is 1.81. The minimum Gasteiger partial charge on any atom is -0.350 e. The molecule has 4 heterocycles. The van der Waals surface area contributed by atoms with Gasteiger partial charge in [0.25, 0.3) is 11.8 Å². The minimum atomic E-state index is -0.985. The third-order valence-electron chi connectivity index (χ3n) is 6.43. The molecule has 2 fully saturated rings. The van der Waals surface area contributed by atoms with E-state index in [1.165, 1.54) is 0 Å². The van der Waals surface area contributed by atoms with Crippen molar-refractivity contribution in [3.05, 3.63) is 40.7 Å². The van der Waals surface area contributed by atoms with Crippen molar-refractivity contribution in [3.8, 4) is 0 Å². The van der Waals surface area contributed by atoms with E-state index in [1.54, 1.807) is 22.9 Å². The second kappa shape index (κ2) is 8.39. The molecule has 1 aromatic heterocycles. The van der Waals surface area contributed by atoms with E-state index in [0.717, 1.165) is 36.7 Å². The van der Waals surface area contributed by atoms with Crippen LogP contribution in [0.4, 0.5) is 5.95 Å². The highest BCUT2D eigenvalue weighted by atomic mass is 16.2. The Balaban J connectivity index is 1.35. The van der Waals surface area contributed by atoms with Gasteiger partial charge in [-0.3, -0.25) is 29.4 Å². The van der Waals surface area contributed by atoms with E-state index in [-0.39, 0.29) is 36.4 Å². The van der Waals surface area contributed by atoms with Gasteiger partial charge in [0.05, 0.1) is 11.1 Å². The Hall–Kier alpha value is -3.60. The van der Waals surface area contributed by atoms with Crippen LogP contribution < -0.4 is 16.0 Å². The van der Waals surface area contributed by atoms with Gasteiger partial charge in [-0.05, 0) is 37.4 Å². The van der Waals surface area contributed by atoms with Crippen molar-refractivity contribution in [2.45, 2.75) is 44.2 Å². The maximum atomic E-state index is 13.2. The van der Waals surface area contributed by atoms with Crippen LogP contribution in [0.3, 0.4) is 0 Å². The zero-order valence-electron chi connectivity index (χ0n) is 18.3. The number of nitrogens with one attached hydrogen (secondary N) is 3. The van der Waals surface area contributed by atoms with E-state index in [4.69, 9.17) is 0 Å². The van der Waals surface area contributed by atoms with Crippen LogP contribution >= 0.6 is 0 Å². The van der Waals surface area contributed by atoms with Crippen molar-refractivity contribution in [1.82, 2.24) is 30.3 Å². The smallest absolute Gasteiger partial charge is 0.262 e. The molecular formula is C22H25N7O4. The molecule has 0 spiro atoms. The Morgan fingerprint density at radius 2 is 2.00 bits per heavy atom. The predicted octanol–water partition coefficient (Wildman–Crippen LogP) is 0.295. The number of aryl methyl sites for hydroxylation is 1. The third-order valence-corrected chi connectivity index (χ3v) is 6.43. The lowest BCUT2D eigenvalue weighted by molar-refractivity contribution is -0.136. The van der Waals surface area contributed by atoms with Crippen LogP contribution in [0.25, 0.3) is 0 Å². The topological polar surface area (TPSA) is 138 Å². The summed E-state index contributed by atoms with van der Waals surface area (Å²) in [5.41, 5.74) is 1.17. The molecule has 2 saturated heterocycles. The van der Waals surface area contributed by atoms with Gasteiger partial charge in [-0.1, -0.05) is 12.1 Å². The summed E-state index contributed by atoms with van der Waals surface area (Å²) < 4.78 is 1.68. The molecule has 33 heavy (non-hydrogen) atoms. The predicted molar refractivity (Wildman–Crippen MR) is 116 cm³/mol. The van der Waals surface area contributed by atoms with Crippen LogP contribution in [0, 0.1) is 0 Å². The molecule has 11 nitrogen and oxygen atoms in total. The molecule has 11 heteroatoms. The molecule has 2 unspecified atom stereocenters. The number of piperidine rings is 2. The number of nitrogens with zero attached hydrogens (tertiary/aromatic N) is 4. The molecule has 2 atom stereocenters. The minimum absolute atomic E-state index is 0.0865. The Labute approximate surface area is 189 Å². The Morgan fingerprint density at radius 3 is 2.76 bits per heavy atom. The number of imide groups is 2. The summed E-state index contributed by atoms with van der Waals surface area (Å²) in [6.45, 7) is 2.12. The Morgan fingerprint density at radius 1 is 1.15 bits per heavy atom. The monoisotopic (exact) mass is 451 g/mol. The van der Waals surface area contributed by atoms with Gasteiger partial charge in [-0.2, -0.15) is 10.1 Å². The molecule has 3 aliphatic rings. The number of fused-ring (bicyclic) bond motifs is 1. The summed E-state index contributed by atoms with van der Waals surface area (Å²) in [5, 5.41) is 13.3. The lowest BCUT2D eigenvalue weighted by Gasteiger charge is -2.27. The first-order valence-electron chi connectivity index (χ1n) is 11.1. The molecule has 0 radical (unpaired) electrons. The Bertz CT molecular complexity index is 1150. The van der Waals surface area contributed by atoms with Crippen molar-refractivity contribution >= 4 is 29.6 Å². The van der Waals surface area contributed by atoms with Crippen molar-refractivity contribution in [2.75, 3.05) is 18.4 Å². The number of hydrogen-bond acceptors (Lipinski definition) is 8. The second-order valence-electron chi connectivity index (χ2n) is 8.60. The number of benzene rings is 1. The van der Waals surface area contributed by atoms with Crippen molar-refractivity contribution < 1.29 is 19.2 Å². The van der Waals surface area contributed by atoms with Crippen LogP contribution in [0.2, 0.25) is 0 Å². The quantitative estimate of drug-likeness (QED) is 0.552. The second-order valence-corrected chi connectivity index (χ2v) is 8.60. The molecule has 1 aromatic carbocycles. The van der Waals surface area contributed by atoms with Crippen molar-refractivity contribution in [3.63, 3.8) is 0 Å². The van der Waals surface area contributed by atoms with E-state index in [1.807, 2.05) is 7.05 Å². The van der Waals surface area contributed by atoms with E-state index >= 15 is 0 Å². The number of hydrogen-bond donors (Lipinski definition) is 3. The van der Waals surface area contributed by atoms with Crippen LogP contribution in [0.5, 0.6) is 0 Å². The standard InChI is InChI=1S/C22H25N7O4/c1-28-22(26-18(27-28)13-5-3-9-23-10-13)24-11-12-4-2-6-14-17(12)21(33)29(20(14)32)15-7-8-16(30)25-19(15)31/h2,4,6,13,15,23H,3,5,7-11H2,1H3,(H,24,26,27)(H,25,30,31). The SMILES string of the molecule is Cn1nc(C2CCCNC2)nc1NCc1cccc2c1C(=O)N(C1CCC(=O)NC1=O)C2=O. The first-order chi connectivity index (χ1) is 15.9. The van der Waals surface area contributed by atoms with Gasteiger partial charge in [-0.25, -0.2) is 4.68 Å². The fourth-order valence-electron chi connectivity index (χ4n) is 4.71. The molecule has 172 valence electrons. The molecule has 3 aliphatic heterocycles. The van der Waals surface area contributed by atoms with E-state index in [2.05, 4.69) is 26.0 Å². The average molecular weight is 451 g/mol. The van der Waals surface area contributed by atoms with Gasteiger partial charge in [0.2, 0.25) is 17.8 Å². The molecule has 2 aromatic rings. The lowest BCUT2D eigenvalue weighted by atomic mass is 9.99. The van der Waals surface area contributed by atoms with Gasteiger partial charge in [-0.15, -0.1) is 0 Å². The number of aromatic nitrogens is 3. The molecule has 0 saturated carbocycles. The largest absolute Gasteiger partial charge is 0.350 e. The van der Waals surface area contributed by atoms with E-state index in [9.17, 15) is 19.2 Å². The van der Waals surface area contributed by atoms with Crippen molar-refractivity contribution in [1.29, 1.82) is 0 Å². The number of carbonyl (C=O) groups is 4. The maximum absolute atomic E-state index is 13.2. The summed E-state index contributed by atoms with van der Waals surface area (Å²) in [4.78, 5) is 55.6. The van der Waals surface area contributed by atoms with Crippen LogP contribution in [-0.4, -0.2) is 62.4 Å². The van der Waals surface area contributed by atoms with Gasteiger partial charge in [0.1, 0.15) is 6.04 Å². The summed E-state index contributed by atoms with van der Waals surface area (Å²) in [6.07, 6.45) is 2.34. The zero-order valence-corrected chi connectivity index (χ0v) is 18.3. The molecule has 0 aliphatic carbocycles.